The predicted molar refractivity (Wildman–Crippen MR) is 84.2 cm³/mol. The number of halogens is 1. The van der Waals surface area contributed by atoms with Crippen molar-refractivity contribution < 1.29 is 4.79 Å². The molecule has 0 bridgehead atoms. The highest BCUT2D eigenvalue weighted by atomic mass is 35.5. The van der Waals surface area contributed by atoms with Crippen molar-refractivity contribution in [3.05, 3.63) is 45.3 Å². The van der Waals surface area contributed by atoms with Gasteiger partial charge in [-0.3, -0.25) is 9.36 Å². The highest BCUT2D eigenvalue weighted by molar-refractivity contribution is 8.00. The zero-order valence-corrected chi connectivity index (χ0v) is 13.4. The maximum Gasteiger partial charge on any atom is 0.343 e. The molecular formula is C14H16ClN3O2S. The summed E-state index contributed by atoms with van der Waals surface area (Å²) in [5.41, 5.74) is 0.309. The number of H-pyrrole nitrogens is 1. The van der Waals surface area contributed by atoms with E-state index in [0.29, 0.717) is 22.3 Å². The van der Waals surface area contributed by atoms with E-state index in [1.807, 2.05) is 6.92 Å². The van der Waals surface area contributed by atoms with Crippen LogP contribution in [0.3, 0.4) is 0 Å². The van der Waals surface area contributed by atoms with Crippen molar-refractivity contribution in [2.45, 2.75) is 37.2 Å². The van der Waals surface area contributed by atoms with Gasteiger partial charge in [-0.15, -0.1) is 5.10 Å². The molecule has 0 saturated carbocycles. The Kier molecular flexibility index (Phi) is 5.25. The van der Waals surface area contributed by atoms with Crippen LogP contribution < -0.4 is 5.69 Å². The first-order chi connectivity index (χ1) is 10.0. The van der Waals surface area contributed by atoms with Gasteiger partial charge in [0.15, 0.2) is 10.9 Å². The molecule has 1 N–H and O–H groups in total. The van der Waals surface area contributed by atoms with E-state index in [0.717, 1.165) is 6.42 Å². The Morgan fingerprint density at radius 2 is 2.29 bits per heavy atom. The lowest BCUT2D eigenvalue weighted by molar-refractivity contribution is 0.0994. The van der Waals surface area contributed by atoms with Gasteiger partial charge in [-0.05, 0) is 25.5 Å². The molecule has 0 aliphatic rings. The summed E-state index contributed by atoms with van der Waals surface area (Å²) in [5.74, 6) is -0.0407. The number of carbonyl (C=O) groups excluding carboxylic acids is 1. The summed E-state index contributed by atoms with van der Waals surface area (Å²) in [4.78, 5) is 24.0. The lowest BCUT2D eigenvalue weighted by Crippen LogP contribution is -2.19. The average molecular weight is 326 g/mol. The fourth-order valence-corrected chi connectivity index (χ4v) is 3.05. The molecule has 1 aromatic heterocycles. The van der Waals surface area contributed by atoms with Gasteiger partial charge in [0, 0.05) is 17.1 Å². The van der Waals surface area contributed by atoms with Crippen LogP contribution in [0.4, 0.5) is 0 Å². The smallest absolute Gasteiger partial charge is 0.293 e. The summed E-state index contributed by atoms with van der Waals surface area (Å²) in [6.45, 7) is 4.35. The zero-order valence-electron chi connectivity index (χ0n) is 11.8. The molecule has 0 fully saturated rings. The van der Waals surface area contributed by atoms with Crippen LogP contribution >= 0.6 is 23.4 Å². The second-order valence-electron chi connectivity index (χ2n) is 4.60. The third-order valence-corrected chi connectivity index (χ3v) is 4.26. The molecule has 1 aromatic carbocycles. The highest BCUT2D eigenvalue weighted by Crippen LogP contribution is 2.24. The third-order valence-electron chi connectivity index (χ3n) is 2.93. The second-order valence-corrected chi connectivity index (χ2v) is 6.34. The molecule has 0 spiro atoms. The molecule has 0 radical (unpaired) electrons. The molecule has 5 nitrogen and oxygen atoms in total. The molecular weight excluding hydrogens is 310 g/mol. The van der Waals surface area contributed by atoms with Crippen LogP contribution in [0.25, 0.3) is 0 Å². The van der Waals surface area contributed by atoms with Crippen LogP contribution in [-0.2, 0) is 6.54 Å². The van der Waals surface area contributed by atoms with Crippen LogP contribution in [-0.4, -0.2) is 25.8 Å². The summed E-state index contributed by atoms with van der Waals surface area (Å²) in [6.07, 6.45) is 0.823. The number of hydrogen-bond donors (Lipinski definition) is 1. The second kappa shape index (κ2) is 6.95. The maximum absolute atomic E-state index is 12.4. The minimum atomic E-state index is -0.353. The third kappa shape index (κ3) is 3.77. The van der Waals surface area contributed by atoms with Gasteiger partial charge in [0.1, 0.15) is 0 Å². The Hall–Kier alpha value is -1.53. The standard InChI is InChI=1S/C14H16ClN3O2S/c1-3-7-18-13(20)16-17-14(18)21-9(2)12(19)10-5-4-6-11(15)8-10/h4-6,8-9H,3,7H2,1-2H3,(H,16,20). The Labute approximate surface area is 131 Å². The number of rotatable bonds is 6. The topological polar surface area (TPSA) is 67.8 Å². The number of carbonyl (C=O) groups is 1. The summed E-state index contributed by atoms with van der Waals surface area (Å²) in [5, 5.41) is 7.11. The van der Waals surface area contributed by atoms with Crippen LogP contribution in [0, 0.1) is 0 Å². The molecule has 0 amide bonds. The van der Waals surface area contributed by atoms with Gasteiger partial charge in [0.05, 0.1) is 5.25 Å². The number of aromatic nitrogens is 3. The van der Waals surface area contributed by atoms with Crippen molar-refractivity contribution >= 4 is 29.1 Å². The SMILES string of the molecule is CCCn1c(SC(C)C(=O)c2cccc(Cl)c2)n[nH]c1=O. The van der Waals surface area contributed by atoms with Crippen molar-refractivity contribution in [1.29, 1.82) is 0 Å². The molecule has 1 atom stereocenters. The number of ketones is 1. The molecule has 112 valence electrons. The van der Waals surface area contributed by atoms with Crippen LogP contribution in [0.5, 0.6) is 0 Å². The molecule has 0 aliphatic heterocycles. The zero-order chi connectivity index (χ0) is 15.4. The first-order valence-corrected chi connectivity index (χ1v) is 7.90. The fourth-order valence-electron chi connectivity index (χ4n) is 1.90. The van der Waals surface area contributed by atoms with Gasteiger partial charge in [0.2, 0.25) is 0 Å². The van der Waals surface area contributed by atoms with Gasteiger partial charge >= 0.3 is 5.69 Å². The minimum Gasteiger partial charge on any atom is -0.293 e. The molecule has 2 aromatic rings. The molecule has 0 aliphatic carbocycles. The minimum absolute atomic E-state index is 0.0407. The number of nitrogens with one attached hydrogen (secondary N) is 1. The quantitative estimate of drug-likeness (QED) is 0.655. The molecule has 0 saturated heterocycles. The number of Topliss-reactive ketones (excluding diaryl/α,β-unsaturated/α-hetero) is 1. The van der Waals surface area contributed by atoms with E-state index in [4.69, 9.17) is 11.6 Å². The Balaban J connectivity index is 2.16. The van der Waals surface area contributed by atoms with Crippen molar-refractivity contribution in [1.82, 2.24) is 14.8 Å². The van der Waals surface area contributed by atoms with Gasteiger partial charge < -0.3 is 0 Å². The van der Waals surface area contributed by atoms with Crippen molar-refractivity contribution in [2.75, 3.05) is 0 Å². The van der Waals surface area contributed by atoms with Gasteiger partial charge in [0.25, 0.3) is 0 Å². The van der Waals surface area contributed by atoms with Gasteiger partial charge in [-0.2, -0.15) is 0 Å². The summed E-state index contributed by atoms with van der Waals surface area (Å²) in [7, 11) is 0. The van der Waals surface area contributed by atoms with E-state index in [-0.39, 0.29) is 16.7 Å². The summed E-state index contributed by atoms with van der Waals surface area (Å²) < 4.78 is 1.55. The Bertz CT molecular complexity index is 696. The first-order valence-electron chi connectivity index (χ1n) is 6.64. The van der Waals surface area contributed by atoms with Crippen LogP contribution in [0.1, 0.15) is 30.6 Å². The molecule has 7 heteroatoms. The summed E-state index contributed by atoms with van der Waals surface area (Å²) >= 11 is 7.17. The average Bonchev–Trinajstić information content (AvgIpc) is 2.80. The van der Waals surface area contributed by atoms with Crippen LogP contribution in [0.15, 0.2) is 34.2 Å². The van der Waals surface area contributed by atoms with Gasteiger partial charge in [-0.25, -0.2) is 9.89 Å². The monoisotopic (exact) mass is 325 g/mol. The molecule has 21 heavy (non-hydrogen) atoms. The van der Waals surface area contributed by atoms with Crippen molar-refractivity contribution in [3.8, 4) is 0 Å². The van der Waals surface area contributed by atoms with Crippen LogP contribution in [0.2, 0.25) is 5.02 Å². The Morgan fingerprint density at radius 3 is 2.95 bits per heavy atom. The van der Waals surface area contributed by atoms with E-state index in [2.05, 4.69) is 10.2 Å². The normalized spacial score (nSPS) is 12.3. The van der Waals surface area contributed by atoms with Crippen molar-refractivity contribution in [2.24, 2.45) is 0 Å². The fraction of sp³-hybridized carbons (Fsp3) is 0.357. The van der Waals surface area contributed by atoms with E-state index < -0.39 is 0 Å². The Morgan fingerprint density at radius 1 is 1.52 bits per heavy atom. The first kappa shape index (κ1) is 15.9. The number of aromatic amines is 1. The number of benzene rings is 1. The lowest BCUT2D eigenvalue weighted by atomic mass is 10.1. The lowest BCUT2D eigenvalue weighted by Gasteiger charge is -2.10. The maximum atomic E-state index is 12.4. The van der Waals surface area contributed by atoms with Gasteiger partial charge in [-0.1, -0.05) is 42.4 Å². The highest BCUT2D eigenvalue weighted by Gasteiger charge is 2.20. The van der Waals surface area contributed by atoms with E-state index in [1.165, 1.54) is 11.8 Å². The molecule has 2 rings (SSSR count). The molecule has 1 unspecified atom stereocenters. The number of nitrogens with zero attached hydrogens (tertiary/aromatic N) is 2. The van der Waals surface area contributed by atoms with E-state index in [1.54, 1.807) is 35.8 Å². The number of thioether (sulfide) groups is 1. The van der Waals surface area contributed by atoms with Crippen molar-refractivity contribution in [3.63, 3.8) is 0 Å². The van der Waals surface area contributed by atoms with E-state index >= 15 is 0 Å². The van der Waals surface area contributed by atoms with E-state index in [9.17, 15) is 9.59 Å². The number of hydrogen-bond acceptors (Lipinski definition) is 4. The largest absolute Gasteiger partial charge is 0.343 e. The summed E-state index contributed by atoms with van der Waals surface area (Å²) in [6, 6.07) is 6.84. The predicted octanol–water partition coefficient (Wildman–Crippen LogP) is 3.00. The molecule has 1 heterocycles.